The Kier molecular flexibility index (Phi) is 3.46. The number of methoxy groups -OCH3 is 1. The molecule has 0 aliphatic heterocycles. The fraction of sp³-hybridized carbons (Fsp3) is 0.400. The molecule has 4 nitrogen and oxygen atoms in total. The van der Waals surface area contributed by atoms with Crippen LogP contribution in [0.3, 0.4) is 0 Å². The Hall–Kier alpha value is -2.04. The average Bonchev–Trinajstić information content (AvgIpc) is 2.68. The van der Waals surface area contributed by atoms with Gasteiger partial charge in [-0.15, -0.1) is 0 Å². The third-order valence-corrected chi connectivity index (χ3v) is 2.84. The average molecular weight is 279 g/mol. The lowest BCUT2D eigenvalue weighted by Crippen LogP contribution is -2.23. The molecule has 108 valence electrons. The van der Waals surface area contributed by atoms with E-state index in [0.29, 0.717) is 16.6 Å². The Morgan fingerprint density at radius 2 is 1.95 bits per heavy atom. The van der Waals surface area contributed by atoms with Gasteiger partial charge in [-0.25, -0.2) is 13.8 Å². The monoisotopic (exact) mass is 279 g/mol. The van der Waals surface area contributed by atoms with Crippen molar-refractivity contribution in [2.75, 3.05) is 7.11 Å². The molecule has 0 saturated heterocycles. The quantitative estimate of drug-likeness (QED) is 0.795. The largest absolute Gasteiger partial charge is 0.485 e. The van der Waals surface area contributed by atoms with E-state index in [1.54, 1.807) is 19.1 Å². The minimum absolute atomic E-state index is 0.173. The van der Waals surface area contributed by atoms with Crippen LogP contribution < -0.4 is 4.74 Å². The first-order valence-electron chi connectivity index (χ1n) is 6.32. The first kappa shape index (κ1) is 14.4. The summed E-state index contributed by atoms with van der Waals surface area (Å²) in [5.41, 5.74) is 0.584. The lowest BCUT2D eigenvalue weighted by molar-refractivity contribution is 0.125. The highest BCUT2D eigenvalue weighted by molar-refractivity contribution is 5.92. The second-order valence-electron chi connectivity index (χ2n) is 5.62. The standard InChI is InChI=1S/C15H18FNO3/c1-9-8-10-11(17(9)14(18)19-5)6-7-12(13(10)16)20-15(2,3)4/h6-8H,1-5H3. The van der Waals surface area contributed by atoms with Gasteiger partial charge in [-0.05, 0) is 45.9 Å². The maximum atomic E-state index is 14.5. The van der Waals surface area contributed by atoms with Crippen molar-refractivity contribution in [2.45, 2.75) is 33.3 Å². The highest BCUT2D eigenvalue weighted by atomic mass is 19.1. The van der Waals surface area contributed by atoms with Crippen LogP contribution in [0, 0.1) is 12.7 Å². The molecule has 0 saturated carbocycles. The van der Waals surface area contributed by atoms with E-state index in [9.17, 15) is 9.18 Å². The van der Waals surface area contributed by atoms with Gasteiger partial charge in [0.05, 0.1) is 12.6 Å². The molecule has 1 aromatic heterocycles. The Morgan fingerprint density at radius 1 is 1.30 bits per heavy atom. The lowest BCUT2D eigenvalue weighted by atomic mass is 10.1. The molecule has 2 aromatic rings. The van der Waals surface area contributed by atoms with E-state index in [2.05, 4.69) is 0 Å². The molecule has 0 aliphatic rings. The van der Waals surface area contributed by atoms with Crippen LogP contribution in [-0.2, 0) is 4.74 Å². The van der Waals surface area contributed by atoms with Gasteiger partial charge >= 0.3 is 6.09 Å². The molecule has 1 aromatic carbocycles. The number of rotatable bonds is 1. The number of hydrogen-bond donors (Lipinski definition) is 0. The highest BCUT2D eigenvalue weighted by Gasteiger charge is 2.20. The fourth-order valence-electron chi connectivity index (χ4n) is 2.10. The molecule has 5 heteroatoms. The summed E-state index contributed by atoms with van der Waals surface area (Å²) in [6, 6.07) is 4.79. The number of ether oxygens (including phenoxy) is 2. The molecule has 0 atom stereocenters. The Morgan fingerprint density at radius 3 is 2.50 bits per heavy atom. The van der Waals surface area contributed by atoms with Crippen molar-refractivity contribution < 1.29 is 18.7 Å². The topological polar surface area (TPSA) is 40.5 Å². The minimum Gasteiger partial charge on any atom is -0.485 e. The molecule has 1 heterocycles. The molecular formula is C15H18FNO3. The molecule has 0 N–H and O–H groups in total. The van der Waals surface area contributed by atoms with Crippen LogP contribution in [0.2, 0.25) is 0 Å². The van der Waals surface area contributed by atoms with Crippen molar-refractivity contribution in [3.8, 4) is 5.75 Å². The van der Waals surface area contributed by atoms with Gasteiger partial charge in [-0.3, -0.25) is 0 Å². The number of nitrogens with zero attached hydrogens (tertiary/aromatic N) is 1. The van der Waals surface area contributed by atoms with Crippen molar-refractivity contribution >= 4 is 17.0 Å². The van der Waals surface area contributed by atoms with Crippen molar-refractivity contribution in [3.05, 3.63) is 29.7 Å². The highest BCUT2D eigenvalue weighted by Crippen LogP contribution is 2.31. The summed E-state index contributed by atoms with van der Waals surface area (Å²) in [5.74, 6) is -0.296. The number of aryl methyl sites for hydroxylation is 1. The Bertz CT molecular complexity index is 668. The number of halogens is 1. The number of benzene rings is 1. The summed E-state index contributed by atoms with van der Waals surface area (Å²) in [6.45, 7) is 7.27. The number of carbonyl (C=O) groups excluding carboxylic acids is 1. The SMILES string of the molecule is COC(=O)n1c(C)cc2c(F)c(OC(C)(C)C)ccc21. The van der Waals surface area contributed by atoms with E-state index >= 15 is 0 Å². The molecule has 0 bridgehead atoms. The van der Waals surface area contributed by atoms with Crippen LogP contribution >= 0.6 is 0 Å². The molecule has 2 rings (SSSR count). The smallest absolute Gasteiger partial charge is 0.418 e. The summed E-state index contributed by atoms with van der Waals surface area (Å²) in [6.07, 6.45) is -0.540. The molecule has 0 fully saturated rings. The van der Waals surface area contributed by atoms with Crippen LogP contribution in [0.5, 0.6) is 5.75 Å². The summed E-state index contributed by atoms with van der Waals surface area (Å²) < 4.78 is 26.1. The van der Waals surface area contributed by atoms with Crippen molar-refractivity contribution in [3.63, 3.8) is 0 Å². The fourth-order valence-corrected chi connectivity index (χ4v) is 2.10. The third kappa shape index (κ3) is 2.48. The first-order chi connectivity index (χ1) is 9.24. The van der Waals surface area contributed by atoms with Crippen molar-refractivity contribution in [2.24, 2.45) is 0 Å². The number of aromatic nitrogens is 1. The van der Waals surface area contributed by atoms with E-state index in [4.69, 9.17) is 9.47 Å². The summed E-state index contributed by atoms with van der Waals surface area (Å²) in [7, 11) is 1.29. The van der Waals surface area contributed by atoms with Gasteiger partial charge in [0.15, 0.2) is 11.6 Å². The van der Waals surface area contributed by atoms with Crippen LogP contribution in [0.1, 0.15) is 26.5 Å². The van der Waals surface area contributed by atoms with E-state index < -0.39 is 17.5 Å². The summed E-state index contributed by atoms with van der Waals surface area (Å²) in [5, 5.41) is 0.342. The molecular weight excluding hydrogens is 261 g/mol. The normalized spacial score (nSPS) is 11.7. The zero-order chi connectivity index (χ0) is 15.1. The van der Waals surface area contributed by atoms with Gasteiger partial charge < -0.3 is 9.47 Å². The summed E-state index contributed by atoms with van der Waals surface area (Å²) >= 11 is 0. The van der Waals surface area contributed by atoms with Crippen molar-refractivity contribution in [1.29, 1.82) is 0 Å². The Labute approximate surface area is 117 Å². The number of hydrogen-bond acceptors (Lipinski definition) is 3. The molecule has 0 radical (unpaired) electrons. The van der Waals surface area contributed by atoms with Crippen LogP contribution in [-0.4, -0.2) is 23.4 Å². The maximum Gasteiger partial charge on any atom is 0.418 e. The van der Waals surface area contributed by atoms with Crippen molar-refractivity contribution in [1.82, 2.24) is 4.57 Å². The van der Waals surface area contributed by atoms with E-state index in [-0.39, 0.29) is 5.75 Å². The molecule has 0 aliphatic carbocycles. The molecule has 0 amide bonds. The predicted molar refractivity (Wildman–Crippen MR) is 74.8 cm³/mol. The second-order valence-corrected chi connectivity index (χ2v) is 5.62. The van der Waals surface area contributed by atoms with E-state index in [1.807, 2.05) is 20.8 Å². The minimum atomic E-state index is -0.540. The van der Waals surface area contributed by atoms with Gasteiger partial charge in [0.25, 0.3) is 0 Å². The first-order valence-corrected chi connectivity index (χ1v) is 6.32. The van der Waals surface area contributed by atoms with Gasteiger partial charge in [-0.1, -0.05) is 0 Å². The number of fused-ring (bicyclic) bond motifs is 1. The van der Waals surface area contributed by atoms with Crippen LogP contribution in [0.4, 0.5) is 9.18 Å². The van der Waals surface area contributed by atoms with Gasteiger partial charge in [0, 0.05) is 11.1 Å². The summed E-state index contributed by atoms with van der Waals surface area (Å²) in [4.78, 5) is 11.7. The second kappa shape index (κ2) is 4.81. The number of carbonyl (C=O) groups is 1. The van der Waals surface area contributed by atoms with E-state index in [0.717, 1.165) is 0 Å². The predicted octanol–water partition coefficient (Wildman–Crippen LogP) is 3.88. The molecule has 0 spiro atoms. The Balaban J connectivity index is 2.61. The van der Waals surface area contributed by atoms with Gasteiger partial charge in [-0.2, -0.15) is 0 Å². The van der Waals surface area contributed by atoms with E-state index in [1.165, 1.54) is 17.7 Å². The molecule has 20 heavy (non-hydrogen) atoms. The van der Waals surface area contributed by atoms with Gasteiger partial charge in [0.1, 0.15) is 5.60 Å². The van der Waals surface area contributed by atoms with Crippen LogP contribution in [0.25, 0.3) is 10.9 Å². The zero-order valence-electron chi connectivity index (χ0n) is 12.3. The third-order valence-electron chi connectivity index (χ3n) is 2.84. The lowest BCUT2D eigenvalue weighted by Gasteiger charge is -2.21. The molecule has 0 unspecified atom stereocenters. The van der Waals surface area contributed by atoms with Crippen LogP contribution in [0.15, 0.2) is 18.2 Å². The maximum absolute atomic E-state index is 14.5. The van der Waals surface area contributed by atoms with Gasteiger partial charge in [0.2, 0.25) is 0 Å². The zero-order valence-corrected chi connectivity index (χ0v) is 12.3.